The molecule has 0 rings (SSSR count). The molecule has 0 fully saturated rings. The van der Waals surface area contributed by atoms with Crippen molar-refractivity contribution < 1.29 is 66.4 Å². The summed E-state index contributed by atoms with van der Waals surface area (Å²) in [6.45, 7) is 2.18. The van der Waals surface area contributed by atoms with Crippen molar-refractivity contribution in [2.75, 3.05) is 0 Å². The van der Waals surface area contributed by atoms with Crippen molar-refractivity contribution >= 4 is 5.97 Å². The third kappa shape index (κ3) is 20.3. The molecule has 0 aromatic rings. The van der Waals surface area contributed by atoms with Crippen LogP contribution in [0.4, 0.5) is 0 Å². The molecule has 0 spiro atoms. The zero-order valence-electron chi connectivity index (χ0n) is 14.2. The van der Waals surface area contributed by atoms with Crippen LogP contribution in [-0.4, -0.2) is 17.2 Å². The number of carbonyl (C=O) groups excluding carboxylic acids is 1. The molecule has 0 aromatic heterocycles. The van der Waals surface area contributed by atoms with Gasteiger partial charge in [0.15, 0.2) is 0 Å². The Bertz CT molecular complexity index is 335. The van der Waals surface area contributed by atoms with Crippen LogP contribution in [0.1, 0.15) is 64.7 Å². The third-order valence-electron chi connectivity index (χ3n) is 3.08. The van der Waals surface area contributed by atoms with Gasteiger partial charge in [0, 0.05) is 5.97 Å². The summed E-state index contributed by atoms with van der Waals surface area (Å²) in [5, 5.41) is 19.9. The number of aliphatic carboxylic acids is 1. The second kappa shape index (κ2) is 19.3. The molecule has 0 radical (unpaired) electrons. The van der Waals surface area contributed by atoms with E-state index in [1.165, 1.54) is 19.3 Å². The molecule has 1 N–H and O–H groups in total. The minimum Gasteiger partial charge on any atom is -0.550 e. The second-order valence-electron chi connectivity index (χ2n) is 5.17. The Hall–Kier alpha value is 0.286. The Morgan fingerprint density at radius 3 is 2.32 bits per heavy atom. The molecule has 3 nitrogen and oxygen atoms in total. The number of carboxylic acid groups (broad SMARTS) is 1. The predicted molar refractivity (Wildman–Crippen MR) is 85.7 cm³/mol. The van der Waals surface area contributed by atoms with Gasteiger partial charge in [-0.15, -0.1) is 0 Å². The molecule has 22 heavy (non-hydrogen) atoms. The molecular weight excluding hydrogens is 303 g/mol. The smallest absolute Gasteiger partial charge is 0.550 e. The largest absolute Gasteiger partial charge is 1.00 e. The van der Waals surface area contributed by atoms with Crippen LogP contribution in [-0.2, 0) is 4.79 Å². The maximum atomic E-state index is 10.2. The predicted octanol–water partition coefficient (Wildman–Crippen LogP) is 0.301. The molecule has 0 bridgehead atoms. The molecule has 1 unspecified atom stereocenters. The van der Waals surface area contributed by atoms with Crippen molar-refractivity contribution in [2.45, 2.75) is 70.8 Å². The van der Waals surface area contributed by atoms with E-state index in [4.69, 9.17) is 0 Å². The van der Waals surface area contributed by atoms with Crippen molar-refractivity contribution in [3.63, 3.8) is 0 Å². The number of aliphatic hydroxyl groups excluding tert-OH is 1. The number of carboxylic acids is 1. The first-order valence-electron chi connectivity index (χ1n) is 8.03. The molecule has 120 valence electrons. The minimum absolute atomic E-state index is 0. The summed E-state index contributed by atoms with van der Waals surface area (Å²) in [6, 6.07) is 0. The van der Waals surface area contributed by atoms with E-state index in [-0.39, 0.29) is 57.8 Å². The van der Waals surface area contributed by atoms with Gasteiger partial charge in [-0.05, 0) is 44.9 Å². The number of carbonyl (C=O) groups is 1. The fraction of sp³-hybridized carbons (Fsp3) is 0.611. The number of unbranched alkanes of at least 4 members (excludes halogenated alkanes) is 5. The van der Waals surface area contributed by atoms with Gasteiger partial charge in [-0.3, -0.25) is 0 Å². The average Bonchev–Trinajstić information content (AvgIpc) is 2.45. The van der Waals surface area contributed by atoms with E-state index in [1.807, 2.05) is 30.4 Å². The second-order valence-corrected chi connectivity index (χ2v) is 5.17. The first-order chi connectivity index (χ1) is 10.2. The number of rotatable bonds is 13. The molecule has 0 heterocycles. The fourth-order valence-corrected chi connectivity index (χ4v) is 1.85. The zero-order valence-corrected chi connectivity index (χ0v) is 17.3. The summed E-state index contributed by atoms with van der Waals surface area (Å²) in [5.74, 6) is -0.973. The van der Waals surface area contributed by atoms with E-state index < -0.39 is 12.1 Å². The van der Waals surface area contributed by atoms with Crippen LogP contribution >= 0.6 is 0 Å². The topological polar surface area (TPSA) is 60.4 Å². The van der Waals surface area contributed by atoms with Gasteiger partial charge in [0.25, 0.3) is 0 Å². The Kier molecular flexibility index (Phi) is 21.6. The molecule has 0 aromatic carbocycles. The maximum Gasteiger partial charge on any atom is 1.00 e. The zero-order chi connectivity index (χ0) is 15.8. The average molecular weight is 333 g/mol. The summed E-state index contributed by atoms with van der Waals surface area (Å²) >= 11 is 0. The monoisotopic (exact) mass is 332 g/mol. The van der Waals surface area contributed by atoms with Crippen molar-refractivity contribution in [3.05, 3.63) is 36.5 Å². The fourth-order valence-electron chi connectivity index (χ4n) is 1.85. The van der Waals surface area contributed by atoms with Gasteiger partial charge in [0.05, 0.1) is 6.10 Å². The standard InChI is InChI=1S/C18H30O3.K/c1-2-3-4-8-11-14-17(19)15-12-9-6-5-7-10-13-16-18(20)21;/h5-6,11-12,14-15,17,19H,2-4,7-10,13,16H2,1H3,(H,20,21);/q;+1/p-1/b6-5-,14-11-,15-12-;. The third-order valence-corrected chi connectivity index (χ3v) is 3.08. The molecule has 0 saturated carbocycles. The SMILES string of the molecule is CCCCC/C=C\C(O)/C=C\C/C=C\CCCCC(=O)[O-].[K+]. The normalized spacial score (nSPS) is 13.0. The van der Waals surface area contributed by atoms with Crippen LogP contribution in [0.3, 0.4) is 0 Å². The van der Waals surface area contributed by atoms with Gasteiger partial charge in [-0.1, -0.05) is 56.2 Å². The van der Waals surface area contributed by atoms with Crippen molar-refractivity contribution in [3.8, 4) is 0 Å². The van der Waals surface area contributed by atoms with E-state index in [0.717, 1.165) is 25.7 Å². The van der Waals surface area contributed by atoms with Gasteiger partial charge in [-0.25, -0.2) is 0 Å². The van der Waals surface area contributed by atoms with Crippen LogP contribution in [0.15, 0.2) is 36.5 Å². The molecule has 0 aliphatic carbocycles. The summed E-state index contributed by atoms with van der Waals surface area (Å²) in [5.41, 5.74) is 0. The van der Waals surface area contributed by atoms with Crippen LogP contribution in [0.25, 0.3) is 0 Å². The van der Waals surface area contributed by atoms with E-state index in [2.05, 4.69) is 6.92 Å². The van der Waals surface area contributed by atoms with Gasteiger partial charge < -0.3 is 15.0 Å². The number of aliphatic hydroxyl groups is 1. The van der Waals surface area contributed by atoms with Crippen LogP contribution in [0.2, 0.25) is 0 Å². The minimum atomic E-state index is -0.973. The maximum absolute atomic E-state index is 10.2. The molecule has 4 heteroatoms. The number of hydrogen-bond donors (Lipinski definition) is 1. The molecular formula is C18H29KO3. The Morgan fingerprint density at radius 2 is 1.64 bits per heavy atom. The Labute approximate surface area is 178 Å². The van der Waals surface area contributed by atoms with Crippen molar-refractivity contribution in [1.29, 1.82) is 0 Å². The molecule has 0 aliphatic heterocycles. The quantitative estimate of drug-likeness (QED) is 0.300. The summed E-state index contributed by atoms with van der Waals surface area (Å²) in [7, 11) is 0. The molecule has 0 amide bonds. The van der Waals surface area contributed by atoms with E-state index >= 15 is 0 Å². The van der Waals surface area contributed by atoms with Gasteiger partial charge >= 0.3 is 51.4 Å². The van der Waals surface area contributed by atoms with E-state index in [1.54, 1.807) is 6.08 Å². The van der Waals surface area contributed by atoms with E-state index in [0.29, 0.717) is 6.42 Å². The van der Waals surface area contributed by atoms with Gasteiger partial charge in [0.1, 0.15) is 0 Å². The Morgan fingerprint density at radius 1 is 1.00 bits per heavy atom. The van der Waals surface area contributed by atoms with Crippen LogP contribution in [0, 0.1) is 0 Å². The van der Waals surface area contributed by atoms with E-state index in [9.17, 15) is 15.0 Å². The van der Waals surface area contributed by atoms with Crippen molar-refractivity contribution in [1.82, 2.24) is 0 Å². The molecule has 0 aliphatic rings. The van der Waals surface area contributed by atoms with Crippen LogP contribution < -0.4 is 56.5 Å². The summed E-state index contributed by atoms with van der Waals surface area (Å²) in [6.07, 6.45) is 19.2. The van der Waals surface area contributed by atoms with Crippen LogP contribution in [0.5, 0.6) is 0 Å². The first kappa shape index (κ1) is 24.5. The molecule has 0 saturated heterocycles. The Balaban J connectivity index is 0. The van der Waals surface area contributed by atoms with Crippen molar-refractivity contribution in [2.24, 2.45) is 0 Å². The van der Waals surface area contributed by atoms with Gasteiger partial charge in [-0.2, -0.15) is 0 Å². The first-order valence-corrected chi connectivity index (χ1v) is 8.03. The van der Waals surface area contributed by atoms with Gasteiger partial charge in [0.2, 0.25) is 0 Å². The molecule has 1 atom stereocenters. The summed E-state index contributed by atoms with van der Waals surface area (Å²) < 4.78 is 0. The number of hydrogen-bond acceptors (Lipinski definition) is 3. The summed E-state index contributed by atoms with van der Waals surface area (Å²) in [4.78, 5) is 10.2. The number of allylic oxidation sites excluding steroid dienone is 4.